The molecule has 2 heterocycles. The van der Waals surface area contributed by atoms with Gasteiger partial charge in [-0.1, -0.05) is 6.07 Å². The second-order valence-corrected chi connectivity index (χ2v) is 9.87. The average molecular weight is 531 g/mol. The highest BCUT2D eigenvalue weighted by atomic mass is 19.4. The number of anilines is 1. The van der Waals surface area contributed by atoms with Crippen molar-refractivity contribution in [2.24, 2.45) is 0 Å². The summed E-state index contributed by atoms with van der Waals surface area (Å²) in [5.41, 5.74) is -3.71. The minimum Gasteiger partial charge on any atom is -0.381 e. The lowest BCUT2D eigenvalue weighted by atomic mass is 10.0. The Morgan fingerprint density at radius 2 is 1.78 bits per heavy atom. The Balaban J connectivity index is 1.65. The van der Waals surface area contributed by atoms with Gasteiger partial charge in [-0.05, 0) is 70.4 Å². The van der Waals surface area contributed by atoms with Gasteiger partial charge in [0.1, 0.15) is 11.4 Å². The molecular weight excluding hydrogens is 502 g/mol. The number of benzene rings is 1. The molecule has 1 saturated heterocycles. The number of hydrogen-bond donors (Lipinski definition) is 2. The number of nitrogens with one attached hydrogen (secondary N) is 2. The van der Waals surface area contributed by atoms with Crippen LogP contribution in [0.25, 0.3) is 0 Å². The normalized spacial score (nSPS) is 19.1. The van der Waals surface area contributed by atoms with Gasteiger partial charge < -0.3 is 20.1 Å². The molecule has 1 amide bonds. The predicted octanol–water partition coefficient (Wildman–Crippen LogP) is 4.76. The molecule has 2 N–H and O–H groups in total. The van der Waals surface area contributed by atoms with Gasteiger partial charge in [-0.3, -0.25) is 9.59 Å². The number of pyridine rings is 1. The van der Waals surface area contributed by atoms with Crippen LogP contribution in [-0.4, -0.2) is 48.0 Å². The monoisotopic (exact) mass is 530 g/mol. The molecule has 0 radical (unpaired) electrons. The highest BCUT2D eigenvalue weighted by Gasteiger charge is 2.53. The summed E-state index contributed by atoms with van der Waals surface area (Å²) in [6.45, 7) is 2.99. The first-order valence-corrected chi connectivity index (χ1v) is 12.0. The molecule has 1 aromatic heterocycles. The van der Waals surface area contributed by atoms with E-state index < -0.39 is 47.0 Å². The van der Waals surface area contributed by atoms with Crippen molar-refractivity contribution < 1.29 is 31.1 Å². The molecule has 202 valence electrons. The molecule has 37 heavy (non-hydrogen) atoms. The number of halogens is 6. The Kier molecular flexibility index (Phi) is 7.33. The van der Waals surface area contributed by atoms with Gasteiger partial charge in [0, 0.05) is 18.3 Å². The molecule has 0 spiro atoms. The summed E-state index contributed by atoms with van der Waals surface area (Å²) in [5.74, 6) is -2.20. The van der Waals surface area contributed by atoms with Crippen molar-refractivity contribution in [2.45, 2.75) is 62.8 Å². The van der Waals surface area contributed by atoms with Gasteiger partial charge in [-0.2, -0.15) is 13.2 Å². The third-order valence-corrected chi connectivity index (χ3v) is 7.17. The van der Waals surface area contributed by atoms with Crippen molar-refractivity contribution in [2.75, 3.05) is 25.5 Å². The van der Waals surface area contributed by atoms with Crippen LogP contribution in [0, 0.1) is 5.82 Å². The van der Waals surface area contributed by atoms with Crippen LogP contribution >= 0.6 is 0 Å². The molecule has 0 bridgehead atoms. The van der Waals surface area contributed by atoms with Crippen LogP contribution in [0.15, 0.2) is 35.3 Å². The molecule has 1 aromatic carbocycles. The fraction of sp³-hybridized carbons (Fsp3) is 0.520. The van der Waals surface area contributed by atoms with Crippen LogP contribution in [0.5, 0.6) is 0 Å². The van der Waals surface area contributed by atoms with Crippen LogP contribution in [-0.2, 0) is 11.7 Å². The van der Waals surface area contributed by atoms with E-state index in [4.69, 9.17) is 0 Å². The zero-order chi connectivity index (χ0) is 27.1. The third-order valence-electron chi connectivity index (χ3n) is 7.17. The Bertz CT molecular complexity index is 1220. The molecule has 1 aliphatic carbocycles. The summed E-state index contributed by atoms with van der Waals surface area (Å²) in [7, 11) is 1.97. The van der Waals surface area contributed by atoms with E-state index >= 15 is 0 Å². The first-order valence-electron chi connectivity index (χ1n) is 12.0. The fourth-order valence-electron chi connectivity index (χ4n) is 4.63. The molecule has 4 rings (SSSR count). The van der Waals surface area contributed by atoms with E-state index in [1.54, 1.807) is 0 Å². The highest BCUT2D eigenvalue weighted by molar-refractivity contribution is 5.99. The Hall–Kier alpha value is -3.02. The highest BCUT2D eigenvalue weighted by Crippen LogP contribution is 2.48. The van der Waals surface area contributed by atoms with E-state index in [1.165, 1.54) is 6.92 Å². The molecule has 0 unspecified atom stereocenters. The number of carbonyl (C=O) groups is 1. The maximum atomic E-state index is 13.8. The second kappa shape index (κ2) is 10.0. The van der Waals surface area contributed by atoms with Crippen LogP contribution in [0.4, 0.5) is 32.0 Å². The van der Waals surface area contributed by atoms with Crippen LogP contribution in [0.1, 0.15) is 60.1 Å². The molecule has 2 aromatic rings. The molecule has 2 fully saturated rings. The first kappa shape index (κ1) is 27.0. The fourth-order valence-corrected chi connectivity index (χ4v) is 4.63. The number of nitrogens with zero attached hydrogens (tertiary/aromatic N) is 2. The summed E-state index contributed by atoms with van der Waals surface area (Å²) in [5, 5.41) is 5.75. The van der Waals surface area contributed by atoms with Gasteiger partial charge in [0.2, 0.25) is 0 Å². The number of alkyl halides is 5. The molecule has 6 nitrogen and oxygen atoms in total. The van der Waals surface area contributed by atoms with Crippen LogP contribution < -0.4 is 16.2 Å². The Labute approximate surface area is 209 Å². The second-order valence-electron chi connectivity index (χ2n) is 9.87. The molecule has 1 atom stereocenters. The molecule has 1 saturated carbocycles. The lowest BCUT2D eigenvalue weighted by molar-refractivity contribution is -0.140. The predicted molar refractivity (Wildman–Crippen MR) is 125 cm³/mol. The maximum absolute atomic E-state index is 13.8. The number of rotatable bonds is 7. The minimum atomic E-state index is -4.92. The summed E-state index contributed by atoms with van der Waals surface area (Å²) >= 11 is 0. The Morgan fingerprint density at radius 3 is 2.35 bits per heavy atom. The van der Waals surface area contributed by atoms with E-state index in [0.29, 0.717) is 12.1 Å². The van der Waals surface area contributed by atoms with Crippen molar-refractivity contribution in [3.05, 3.63) is 63.3 Å². The van der Waals surface area contributed by atoms with E-state index in [1.807, 2.05) is 7.05 Å². The lowest BCUT2D eigenvalue weighted by Crippen LogP contribution is -2.40. The largest absolute Gasteiger partial charge is 0.419 e. The summed E-state index contributed by atoms with van der Waals surface area (Å²) < 4.78 is 81.6. The van der Waals surface area contributed by atoms with E-state index in [0.717, 1.165) is 48.8 Å². The molecule has 1 aliphatic heterocycles. The topological polar surface area (TPSA) is 66.4 Å². The number of likely N-dealkylation sites (tertiary alicyclic amines) is 1. The number of amides is 1. The summed E-state index contributed by atoms with van der Waals surface area (Å²) in [6.07, 6.45) is -5.00. The Morgan fingerprint density at radius 1 is 1.14 bits per heavy atom. The SMILES string of the molecule is C[C@@H](NC(=O)c1cn(C2(C(F)F)CC2)c(=O)cc1NC1CCN(C)CC1)c1ccc(F)c(C(F)(F)F)c1. The zero-order valence-corrected chi connectivity index (χ0v) is 20.3. The van der Waals surface area contributed by atoms with Crippen molar-refractivity contribution in [1.82, 2.24) is 14.8 Å². The van der Waals surface area contributed by atoms with Crippen molar-refractivity contribution in [3.63, 3.8) is 0 Å². The number of aromatic nitrogens is 1. The van der Waals surface area contributed by atoms with Gasteiger partial charge in [-0.15, -0.1) is 0 Å². The van der Waals surface area contributed by atoms with Crippen LogP contribution in [0.2, 0.25) is 0 Å². The van der Waals surface area contributed by atoms with E-state index in [2.05, 4.69) is 15.5 Å². The standard InChI is InChI=1S/C25H28F6N4O2/c1-14(15-3-4-19(26)18(11-15)25(29,30)31)32-22(37)17-13-35(24(7-8-24)23(27)28)21(36)12-20(17)33-16-5-9-34(2)10-6-16/h3-4,11-14,16,23,33H,5-10H2,1-2H3,(H,32,37)/t14-/m1/s1. The van der Waals surface area contributed by atoms with Crippen molar-refractivity contribution >= 4 is 11.6 Å². The van der Waals surface area contributed by atoms with E-state index in [9.17, 15) is 35.9 Å². The lowest BCUT2D eigenvalue weighted by Gasteiger charge is -2.31. The number of piperidine rings is 1. The molecular formula is C25H28F6N4O2. The van der Waals surface area contributed by atoms with Crippen molar-refractivity contribution in [3.8, 4) is 0 Å². The van der Waals surface area contributed by atoms with E-state index in [-0.39, 0.29) is 35.7 Å². The first-order chi connectivity index (χ1) is 17.3. The quantitative estimate of drug-likeness (QED) is 0.507. The molecule has 12 heteroatoms. The summed E-state index contributed by atoms with van der Waals surface area (Å²) in [4.78, 5) is 28.3. The summed E-state index contributed by atoms with van der Waals surface area (Å²) in [6, 6.07) is 2.51. The maximum Gasteiger partial charge on any atom is 0.419 e. The number of carbonyl (C=O) groups excluding carboxylic acids is 1. The van der Waals surface area contributed by atoms with Gasteiger partial charge in [0.05, 0.1) is 22.9 Å². The number of hydrogen-bond acceptors (Lipinski definition) is 4. The third kappa shape index (κ3) is 5.63. The minimum absolute atomic E-state index is 0.00599. The van der Waals surface area contributed by atoms with Gasteiger partial charge in [0.15, 0.2) is 0 Å². The average Bonchev–Trinajstić information content (AvgIpc) is 3.62. The zero-order valence-electron chi connectivity index (χ0n) is 20.3. The smallest absolute Gasteiger partial charge is 0.381 e. The van der Waals surface area contributed by atoms with Gasteiger partial charge in [0.25, 0.3) is 17.9 Å². The van der Waals surface area contributed by atoms with Crippen LogP contribution in [0.3, 0.4) is 0 Å². The van der Waals surface area contributed by atoms with Gasteiger partial charge in [-0.25, -0.2) is 13.2 Å². The molecule has 2 aliphatic rings. The van der Waals surface area contributed by atoms with Crippen molar-refractivity contribution in [1.29, 1.82) is 0 Å². The van der Waals surface area contributed by atoms with Gasteiger partial charge >= 0.3 is 6.18 Å².